The smallest absolute Gasteiger partial charge is 0.410 e. The van der Waals surface area contributed by atoms with Crippen LogP contribution in [0.3, 0.4) is 0 Å². The number of carbonyl (C=O) groups is 2. The van der Waals surface area contributed by atoms with Crippen LogP contribution in [0.15, 0.2) is 28.7 Å². The first-order valence-corrected chi connectivity index (χ1v) is 10.0. The van der Waals surface area contributed by atoms with E-state index >= 15 is 0 Å². The SMILES string of the molecule is CCN(Cc1ccc(Br)cc1)C(=O)C1CCCCN1C(=O)OC(C)(C)C. The minimum absolute atomic E-state index is 0.000905. The van der Waals surface area contributed by atoms with E-state index in [1.54, 1.807) is 4.90 Å². The third-order valence-electron chi connectivity index (χ3n) is 4.40. The highest BCUT2D eigenvalue weighted by atomic mass is 79.9. The minimum atomic E-state index is -0.565. The van der Waals surface area contributed by atoms with Gasteiger partial charge in [-0.15, -0.1) is 0 Å². The maximum absolute atomic E-state index is 13.1. The van der Waals surface area contributed by atoms with Crippen LogP contribution in [-0.2, 0) is 16.1 Å². The molecule has 1 fully saturated rings. The molecule has 1 saturated heterocycles. The topological polar surface area (TPSA) is 49.9 Å². The van der Waals surface area contributed by atoms with Gasteiger partial charge in [-0.3, -0.25) is 9.69 Å². The molecule has 2 amide bonds. The Morgan fingerprint density at radius 3 is 2.46 bits per heavy atom. The molecule has 1 heterocycles. The number of carbonyl (C=O) groups excluding carboxylic acids is 2. The van der Waals surface area contributed by atoms with Gasteiger partial charge < -0.3 is 9.64 Å². The lowest BCUT2D eigenvalue weighted by Crippen LogP contribution is -2.53. The molecule has 1 aromatic carbocycles. The Bertz CT molecular complexity index is 625. The molecule has 1 aliphatic rings. The van der Waals surface area contributed by atoms with Crippen LogP contribution in [0.4, 0.5) is 4.79 Å². The van der Waals surface area contributed by atoms with Crippen molar-refractivity contribution in [2.45, 2.75) is 65.1 Å². The Morgan fingerprint density at radius 2 is 1.88 bits per heavy atom. The number of halogens is 1. The Morgan fingerprint density at radius 1 is 1.23 bits per heavy atom. The van der Waals surface area contributed by atoms with Crippen molar-refractivity contribution in [2.24, 2.45) is 0 Å². The zero-order valence-electron chi connectivity index (χ0n) is 16.1. The lowest BCUT2D eigenvalue weighted by Gasteiger charge is -2.38. The van der Waals surface area contributed by atoms with Crippen molar-refractivity contribution in [2.75, 3.05) is 13.1 Å². The van der Waals surface area contributed by atoms with E-state index in [1.165, 1.54) is 0 Å². The standard InChI is InChI=1S/C20H29BrN2O3/c1-5-22(14-15-9-11-16(21)12-10-15)18(24)17-8-6-7-13-23(17)19(25)26-20(2,3)4/h9-12,17H,5-8,13-14H2,1-4H3. The van der Waals surface area contributed by atoms with E-state index in [0.717, 1.165) is 22.9 Å². The number of hydrogen-bond acceptors (Lipinski definition) is 3. The number of ether oxygens (including phenoxy) is 1. The molecule has 1 unspecified atom stereocenters. The molecule has 0 aromatic heterocycles. The van der Waals surface area contributed by atoms with Crippen molar-refractivity contribution in [3.63, 3.8) is 0 Å². The summed E-state index contributed by atoms with van der Waals surface area (Å²) in [7, 11) is 0. The summed E-state index contributed by atoms with van der Waals surface area (Å²) in [5.74, 6) is 0.000905. The van der Waals surface area contributed by atoms with Crippen molar-refractivity contribution in [1.82, 2.24) is 9.80 Å². The second-order valence-corrected chi connectivity index (χ2v) is 8.58. The molecule has 6 heteroatoms. The lowest BCUT2D eigenvalue weighted by atomic mass is 10.0. The number of amides is 2. The molecule has 5 nitrogen and oxygen atoms in total. The van der Waals surface area contributed by atoms with Gasteiger partial charge >= 0.3 is 6.09 Å². The lowest BCUT2D eigenvalue weighted by molar-refractivity contribution is -0.138. The normalized spacial score (nSPS) is 17.7. The van der Waals surface area contributed by atoms with Gasteiger partial charge in [-0.1, -0.05) is 28.1 Å². The first-order valence-electron chi connectivity index (χ1n) is 9.24. The highest BCUT2D eigenvalue weighted by Crippen LogP contribution is 2.23. The van der Waals surface area contributed by atoms with E-state index in [2.05, 4.69) is 15.9 Å². The van der Waals surface area contributed by atoms with Gasteiger partial charge in [0.05, 0.1) is 0 Å². The van der Waals surface area contributed by atoms with Gasteiger partial charge in [-0.2, -0.15) is 0 Å². The average molecular weight is 425 g/mol. The molecular weight excluding hydrogens is 396 g/mol. The third-order valence-corrected chi connectivity index (χ3v) is 4.92. The van der Waals surface area contributed by atoms with Gasteiger partial charge in [0, 0.05) is 24.1 Å². The van der Waals surface area contributed by atoms with Gasteiger partial charge in [0.2, 0.25) is 5.91 Å². The van der Waals surface area contributed by atoms with Crippen LogP contribution in [-0.4, -0.2) is 46.5 Å². The van der Waals surface area contributed by atoms with E-state index in [9.17, 15) is 9.59 Å². The molecule has 1 aromatic rings. The second-order valence-electron chi connectivity index (χ2n) is 7.66. The maximum atomic E-state index is 13.1. The number of likely N-dealkylation sites (tertiary alicyclic amines) is 1. The molecule has 0 bridgehead atoms. The molecule has 0 N–H and O–H groups in total. The third kappa shape index (κ3) is 5.73. The van der Waals surface area contributed by atoms with Crippen molar-refractivity contribution in [3.05, 3.63) is 34.3 Å². The highest BCUT2D eigenvalue weighted by molar-refractivity contribution is 9.10. The van der Waals surface area contributed by atoms with Gasteiger partial charge in [0.15, 0.2) is 0 Å². The summed E-state index contributed by atoms with van der Waals surface area (Å²) in [4.78, 5) is 29.1. The van der Waals surface area contributed by atoms with Crippen LogP contribution < -0.4 is 0 Å². The summed E-state index contributed by atoms with van der Waals surface area (Å²) in [6, 6.07) is 7.52. The summed E-state index contributed by atoms with van der Waals surface area (Å²) >= 11 is 3.43. The summed E-state index contributed by atoms with van der Waals surface area (Å²) < 4.78 is 6.53. The first kappa shape index (κ1) is 20.7. The van der Waals surface area contributed by atoms with Crippen molar-refractivity contribution < 1.29 is 14.3 Å². The molecule has 26 heavy (non-hydrogen) atoms. The fourth-order valence-corrected chi connectivity index (χ4v) is 3.36. The molecular formula is C20H29BrN2O3. The van der Waals surface area contributed by atoms with Gasteiger partial charge in [0.25, 0.3) is 0 Å². The number of hydrogen-bond donors (Lipinski definition) is 0. The van der Waals surface area contributed by atoms with E-state index in [1.807, 2.05) is 56.9 Å². The Labute approximate surface area is 164 Å². The van der Waals surface area contributed by atoms with Crippen LogP contribution in [0.2, 0.25) is 0 Å². The Balaban J connectivity index is 2.11. The summed E-state index contributed by atoms with van der Waals surface area (Å²) in [6.45, 7) is 9.22. The van der Waals surface area contributed by atoms with Crippen molar-refractivity contribution in [3.8, 4) is 0 Å². The van der Waals surface area contributed by atoms with E-state index in [-0.39, 0.29) is 5.91 Å². The fraction of sp³-hybridized carbons (Fsp3) is 0.600. The maximum Gasteiger partial charge on any atom is 0.410 e. The summed E-state index contributed by atoms with van der Waals surface area (Å²) in [5.41, 5.74) is 0.507. The first-order chi connectivity index (χ1) is 12.2. The molecule has 1 atom stereocenters. The number of nitrogens with zero attached hydrogens (tertiary/aromatic N) is 2. The van der Waals surface area contributed by atoms with Crippen LogP contribution in [0, 0.1) is 0 Å². The van der Waals surface area contributed by atoms with Crippen LogP contribution in [0.1, 0.15) is 52.5 Å². The summed E-state index contributed by atoms with van der Waals surface area (Å²) in [6.07, 6.45) is 2.15. The predicted molar refractivity (Wildman–Crippen MR) is 106 cm³/mol. The zero-order chi connectivity index (χ0) is 19.3. The molecule has 2 rings (SSSR count). The van der Waals surface area contributed by atoms with E-state index in [4.69, 9.17) is 4.74 Å². The number of rotatable bonds is 4. The van der Waals surface area contributed by atoms with Gasteiger partial charge in [-0.25, -0.2) is 4.79 Å². The average Bonchev–Trinajstić information content (AvgIpc) is 2.59. The van der Waals surface area contributed by atoms with Crippen LogP contribution in [0.5, 0.6) is 0 Å². The van der Waals surface area contributed by atoms with Gasteiger partial charge in [-0.05, 0) is 64.7 Å². The quantitative estimate of drug-likeness (QED) is 0.709. The van der Waals surface area contributed by atoms with Crippen molar-refractivity contribution in [1.29, 1.82) is 0 Å². The minimum Gasteiger partial charge on any atom is -0.444 e. The number of benzene rings is 1. The second kappa shape index (κ2) is 8.89. The van der Waals surface area contributed by atoms with E-state index < -0.39 is 17.7 Å². The Hall–Kier alpha value is -1.56. The molecule has 1 aliphatic heterocycles. The van der Waals surface area contributed by atoms with Crippen LogP contribution in [0.25, 0.3) is 0 Å². The predicted octanol–water partition coefficient (Wildman–Crippen LogP) is 4.59. The summed E-state index contributed by atoms with van der Waals surface area (Å²) in [5, 5.41) is 0. The van der Waals surface area contributed by atoms with Crippen molar-refractivity contribution >= 4 is 27.9 Å². The zero-order valence-corrected chi connectivity index (χ0v) is 17.7. The number of piperidine rings is 1. The fourth-order valence-electron chi connectivity index (χ4n) is 3.09. The molecule has 0 spiro atoms. The van der Waals surface area contributed by atoms with Gasteiger partial charge in [0.1, 0.15) is 11.6 Å². The molecule has 144 valence electrons. The van der Waals surface area contributed by atoms with Crippen LogP contribution >= 0.6 is 15.9 Å². The monoisotopic (exact) mass is 424 g/mol. The van der Waals surface area contributed by atoms with E-state index in [0.29, 0.717) is 26.1 Å². The Kier molecular flexibility index (Phi) is 7.09. The molecule has 0 aliphatic carbocycles. The molecule has 0 saturated carbocycles. The number of likely N-dealkylation sites (N-methyl/N-ethyl adjacent to an activating group) is 1. The highest BCUT2D eigenvalue weighted by Gasteiger charge is 2.36. The largest absolute Gasteiger partial charge is 0.444 e. The molecule has 0 radical (unpaired) electrons.